The zero-order valence-corrected chi connectivity index (χ0v) is 16.0. The Hall–Kier alpha value is -2.24. The summed E-state index contributed by atoms with van der Waals surface area (Å²) in [6, 6.07) is 9.64. The summed E-state index contributed by atoms with van der Waals surface area (Å²) in [5, 5.41) is 0. The summed E-state index contributed by atoms with van der Waals surface area (Å²) >= 11 is 0. The molecule has 0 bridgehead atoms. The van der Waals surface area contributed by atoms with Gasteiger partial charge in [0.15, 0.2) is 0 Å². The Morgan fingerprint density at radius 1 is 1.12 bits per heavy atom. The van der Waals surface area contributed by atoms with Crippen LogP contribution in [0.25, 0.3) is 0 Å². The monoisotopic (exact) mass is 360 g/mol. The molecule has 3 rings (SSSR count). The maximum absolute atomic E-state index is 12.6. The molecule has 26 heavy (non-hydrogen) atoms. The molecule has 6 nitrogen and oxygen atoms in total. The van der Waals surface area contributed by atoms with Crippen LogP contribution in [0, 0.1) is 5.92 Å². The molecule has 142 valence electrons. The van der Waals surface area contributed by atoms with E-state index in [2.05, 4.69) is 6.92 Å². The van der Waals surface area contributed by atoms with Gasteiger partial charge < -0.3 is 19.3 Å². The highest BCUT2D eigenvalue weighted by Gasteiger charge is 2.51. The molecule has 6 heteroatoms. The third-order valence-corrected chi connectivity index (χ3v) is 4.96. The number of amides is 2. The van der Waals surface area contributed by atoms with Crippen molar-refractivity contribution in [2.45, 2.75) is 58.4 Å². The summed E-state index contributed by atoms with van der Waals surface area (Å²) in [5.41, 5.74) is 0.442. The fourth-order valence-electron chi connectivity index (χ4n) is 3.92. The van der Waals surface area contributed by atoms with E-state index in [1.54, 1.807) is 9.80 Å². The molecular formula is C20H28N2O4. The lowest BCUT2D eigenvalue weighted by Gasteiger charge is -2.29. The lowest BCUT2D eigenvalue weighted by Crippen LogP contribution is -2.45. The third-order valence-electron chi connectivity index (χ3n) is 4.96. The molecule has 0 saturated carbocycles. The first kappa shape index (κ1) is 18.5. The minimum atomic E-state index is -0.523. The zero-order valence-electron chi connectivity index (χ0n) is 16.0. The second-order valence-electron chi connectivity index (χ2n) is 8.19. The summed E-state index contributed by atoms with van der Waals surface area (Å²) in [7, 11) is 0. The molecular weight excluding hydrogens is 332 g/mol. The molecule has 2 aliphatic heterocycles. The molecule has 0 aliphatic carbocycles. The summed E-state index contributed by atoms with van der Waals surface area (Å²) in [4.78, 5) is 28.6. The van der Waals surface area contributed by atoms with E-state index in [4.69, 9.17) is 9.47 Å². The lowest BCUT2D eigenvalue weighted by atomic mass is 10.0. The average Bonchev–Trinajstić information content (AvgIpc) is 3.14. The van der Waals surface area contributed by atoms with Gasteiger partial charge in [-0.05, 0) is 38.7 Å². The van der Waals surface area contributed by atoms with Gasteiger partial charge in [-0.3, -0.25) is 0 Å². The molecule has 0 N–H and O–H groups in total. The summed E-state index contributed by atoms with van der Waals surface area (Å²) in [5.74, 6) is 0.194. The molecule has 1 aromatic carbocycles. The maximum Gasteiger partial charge on any atom is 0.410 e. The number of rotatable bonds is 2. The number of hydrogen-bond donors (Lipinski definition) is 0. The quantitative estimate of drug-likeness (QED) is 0.808. The third kappa shape index (κ3) is 3.94. The van der Waals surface area contributed by atoms with E-state index >= 15 is 0 Å². The Morgan fingerprint density at radius 2 is 1.81 bits per heavy atom. The van der Waals surface area contributed by atoms with Crippen molar-refractivity contribution in [2.75, 3.05) is 13.1 Å². The highest BCUT2D eigenvalue weighted by atomic mass is 16.6. The summed E-state index contributed by atoms with van der Waals surface area (Å²) in [6.45, 7) is 9.14. The first-order chi connectivity index (χ1) is 12.3. The number of benzene rings is 1. The fraction of sp³-hybridized carbons (Fsp3) is 0.600. The van der Waals surface area contributed by atoms with Crippen molar-refractivity contribution in [1.29, 1.82) is 0 Å². The van der Waals surface area contributed by atoms with E-state index in [1.165, 1.54) is 0 Å². The molecule has 1 aromatic rings. The van der Waals surface area contributed by atoms with Crippen LogP contribution in [-0.4, -0.2) is 52.8 Å². The Labute approximate surface area is 155 Å². The largest absolute Gasteiger partial charge is 0.445 e. The molecule has 2 fully saturated rings. The van der Waals surface area contributed by atoms with Crippen LogP contribution in [0.2, 0.25) is 0 Å². The predicted molar refractivity (Wildman–Crippen MR) is 97.6 cm³/mol. The number of carbonyl (C=O) groups excluding carboxylic acids is 2. The van der Waals surface area contributed by atoms with Gasteiger partial charge in [0, 0.05) is 13.1 Å². The van der Waals surface area contributed by atoms with E-state index < -0.39 is 5.60 Å². The van der Waals surface area contributed by atoms with Crippen molar-refractivity contribution in [3.05, 3.63) is 35.9 Å². The normalized spacial score (nSPS) is 25.2. The molecule has 2 saturated heterocycles. The Morgan fingerprint density at radius 3 is 2.46 bits per heavy atom. The van der Waals surface area contributed by atoms with Crippen molar-refractivity contribution in [3.63, 3.8) is 0 Å². The minimum absolute atomic E-state index is 0.000733. The van der Waals surface area contributed by atoms with Gasteiger partial charge in [0.2, 0.25) is 0 Å². The van der Waals surface area contributed by atoms with Crippen LogP contribution in [0.3, 0.4) is 0 Å². The molecule has 0 spiro atoms. The number of likely N-dealkylation sites (tertiary alicyclic amines) is 2. The number of ether oxygens (including phenoxy) is 2. The summed E-state index contributed by atoms with van der Waals surface area (Å²) in [6.07, 6.45) is 0.157. The second kappa shape index (κ2) is 7.17. The Balaban J connectivity index is 1.62. The van der Waals surface area contributed by atoms with Crippen molar-refractivity contribution >= 4 is 12.2 Å². The van der Waals surface area contributed by atoms with Crippen molar-refractivity contribution in [2.24, 2.45) is 5.92 Å². The van der Waals surface area contributed by atoms with Gasteiger partial charge in [0.25, 0.3) is 0 Å². The molecule has 2 aliphatic rings. The van der Waals surface area contributed by atoms with Crippen LogP contribution in [0.15, 0.2) is 30.3 Å². The highest BCUT2D eigenvalue weighted by Crippen LogP contribution is 2.36. The first-order valence-corrected chi connectivity index (χ1v) is 9.23. The Kier molecular flexibility index (Phi) is 5.12. The number of hydrogen-bond acceptors (Lipinski definition) is 4. The van der Waals surface area contributed by atoms with Crippen molar-refractivity contribution < 1.29 is 19.1 Å². The van der Waals surface area contributed by atoms with E-state index in [9.17, 15) is 9.59 Å². The lowest BCUT2D eigenvalue weighted by molar-refractivity contribution is 0.0194. The van der Waals surface area contributed by atoms with Gasteiger partial charge in [0.05, 0.1) is 12.1 Å². The standard InChI is InChI=1S/C20H28N2O4/c1-14-12-22(18(23)25-13-15-8-6-5-7-9-15)16-10-11-21(17(14)16)19(24)26-20(2,3)4/h5-9,14,16-17H,10-13H2,1-4H3/t14-,16+,17+/m0/s1. The van der Waals surface area contributed by atoms with Crippen molar-refractivity contribution in [1.82, 2.24) is 9.80 Å². The SMILES string of the molecule is C[C@H]1CN(C(=O)OCc2ccccc2)[C@@H]2CCN(C(=O)OC(C)(C)C)[C@@H]21. The number of nitrogens with zero attached hydrogens (tertiary/aromatic N) is 2. The molecule has 3 atom stereocenters. The smallest absolute Gasteiger partial charge is 0.410 e. The van der Waals surface area contributed by atoms with Crippen LogP contribution in [0.5, 0.6) is 0 Å². The second-order valence-corrected chi connectivity index (χ2v) is 8.19. The molecule has 0 unspecified atom stereocenters. The topological polar surface area (TPSA) is 59.1 Å². The van der Waals surface area contributed by atoms with Crippen LogP contribution in [0.1, 0.15) is 39.7 Å². The molecule has 2 amide bonds. The fourth-order valence-corrected chi connectivity index (χ4v) is 3.92. The predicted octanol–water partition coefficient (Wildman–Crippen LogP) is 3.65. The van der Waals surface area contributed by atoms with Gasteiger partial charge in [0.1, 0.15) is 12.2 Å². The molecule has 0 radical (unpaired) electrons. The van der Waals surface area contributed by atoms with E-state index in [0.717, 1.165) is 12.0 Å². The maximum atomic E-state index is 12.6. The van der Waals surface area contributed by atoms with Crippen molar-refractivity contribution in [3.8, 4) is 0 Å². The minimum Gasteiger partial charge on any atom is -0.445 e. The van der Waals surface area contributed by atoms with E-state index in [0.29, 0.717) is 13.1 Å². The van der Waals surface area contributed by atoms with Gasteiger partial charge in [-0.2, -0.15) is 0 Å². The van der Waals surface area contributed by atoms with Gasteiger partial charge >= 0.3 is 12.2 Å². The first-order valence-electron chi connectivity index (χ1n) is 9.23. The van der Waals surface area contributed by atoms with Crippen LogP contribution in [0.4, 0.5) is 9.59 Å². The highest BCUT2D eigenvalue weighted by molar-refractivity contribution is 5.72. The van der Waals surface area contributed by atoms with E-state index in [1.807, 2.05) is 51.1 Å². The molecule has 0 aromatic heterocycles. The van der Waals surface area contributed by atoms with Gasteiger partial charge in [-0.15, -0.1) is 0 Å². The van der Waals surface area contributed by atoms with Gasteiger partial charge in [-0.25, -0.2) is 9.59 Å². The number of carbonyl (C=O) groups is 2. The van der Waals surface area contributed by atoms with E-state index in [-0.39, 0.29) is 36.8 Å². The average molecular weight is 360 g/mol. The van der Waals surface area contributed by atoms with Crippen LogP contribution >= 0.6 is 0 Å². The van der Waals surface area contributed by atoms with Crippen LogP contribution < -0.4 is 0 Å². The number of fused-ring (bicyclic) bond motifs is 1. The molecule has 2 heterocycles. The summed E-state index contributed by atoms with van der Waals surface area (Å²) < 4.78 is 11.0. The zero-order chi connectivity index (χ0) is 18.9. The van der Waals surface area contributed by atoms with Gasteiger partial charge in [-0.1, -0.05) is 37.3 Å². The Bertz CT molecular complexity index is 656. The van der Waals surface area contributed by atoms with Crippen LogP contribution in [-0.2, 0) is 16.1 Å².